The molecule has 8 nitrogen and oxygen atoms in total. The van der Waals surface area contributed by atoms with E-state index in [1.54, 1.807) is 30.5 Å². The van der Waals surface area contributed by atoms with Gasteiger partial charge in [-0.05, 0) is 24.3 Å². The average molecular weight is 343 g/mol. The monoisotopic (exact) mass is 343 g/mol. The number of carbonyl (C=O) groups excluding carboxylic acids is 2. The van der Waals surface area contributed by atoms with Gasteiger partial charge < -0.3 is 25.3 Å². The summed E-state index contributed by atoms with van der Waals surface area (Å²) in [7, 11) is 1.92. The molecule has 1 fully saturated rings. The van der Waals surface area contributed by atoms with Crippen molar-refractivity contribution in [2.45, 2.75) is 6.04 Å². The molecule has 1 aliphatic heterocycles. The maximum absolute atomic E-state index is 12.9. The van der Waals surface area contributed by atoms with Crippen molar-refractivity contribution in [1.29, 1.82) is 0 Å². The number of amides is 2. The lowest BCUT2D eigenvalue weighted by Gasteiger charge is -2.35. The smallest absolute Gasteiger partial charge is 0.255 e. The number of aromatic nitrogens is 2. The summed E-state index contributed by atoms with van der Waals surface area (Å²) >= 11 is 0. The highest BCUT2D eigenvalue weighted by molar-refractivity contribution is 5.94. The van der Waals surface area contributed by atoms with Crippen molar-refractivity contribution < 1.29 is 14.3 Å². The van der Waals surface area contributed by atoms with Crippen LogP contribution in [0.5, 0.6) is 5.75 Å². The van der Waals surface area contributed by atoms with E-state index in [4.69, 9.17) is 10.5 Å². The molecule has 25 heavy (non-hydrogen) atoms. The third-order valence-electron chi connectivity index (χ3n) is 4.14. The van der Waals surface area contributed by atoms with Crippen LogP contribution >= 0.6 is 0 Å². The Bertz CT molecular complexity index is 756. The number of nitrogens with one attached hydrogen (secondary N) is 1. The first-order valence-electron chi connectivity index (χ1n) is 8.06. The van der Waals surface area contributed by atoms with E-state index >= 15 is 0 Å². The Kier molecular flexibility index (Phi) is 4.99. The summed E-state index contributed by atoms with van der Waals surface area (Å²) in [5.74, 6) is 0.744. The first-order valence-corrected chi connectivity index (χ1v) is 8.06. The lowest BCUT2D eigenvalue weighted by Crippen LogP contribution is -2.49. The van der Waals surface area contributed by atoms with Gasteiger partial charge in [-0.15, -0.1) is 0 Å². The molecule has 1 saturated heterocycles. The van der Waals surface area contributed by atoms with E-state index in [1.165, 1.54) is 0 Å². The van der Waals surface area contributed by atoms with Gasteiger partial charge in [0, 0.05) is 44.6 Å². The summed E-state index contributed by atoms with van der Waals surface area (Å²) in [6.45, 7) is 1.82. The fraction of sp³-hybridized carbons (Fsp3) is 0.353. The van der Waals surface area contributed by atoms with Gasteiger partial charge in [-0.25, -0.2) is 4.98 Å². The second-order valence-corrected chi connectivity index (χ2v) is 5.89. The van der Waals surface area contributed by atoms with Crippen LogP contribution < -0.4 is 15.8 Å². The van der Waals surface area contributed by atoms with Crippen LogP contribution in [0, 0.1) is 0 Å². The fourth-order valence-electron chi connectivity index (χ4n) is 2.89. The Morgan fingerprint density at radius 2 is 2.12 bits per heavy atom. The first kappa shape index (κ1) is 17.0. The quantitative estimate of drug-likeness (QED) is 0.800. The fourth-order valence-corrected chi connectivity index (χ4v) is 2.89. The molecule has 3 N–H and O–H groups in total. The van der Waals surface area contributed by atoms with Gasteiger partial charge in [-0.1, -0.05) is 0 Å². The number of nitrogens with zero attached hydrogens (tertiary/aromatic N) is 3. The minimum Gasteiger partial charge on any atom is -0.484 e. The highest BCUT2D eigenvalue weighted by atomic mass is 16.5. The summed E-state index contributed by atoms with van der Waals surface area (Å²) in [5.41, 5.74) is 5.61. The van der Waals surface area contributed by atoms with Crippen molar-refractivity contribution in [3.63, 3.8) is 0 Å². The van der Waals surface area contributed by atoms with Crippen LogP contribution in [-0.2, 0) is 11.8 Å². The molecule has 2 heterocycles. The Hall–Kier alpha value is -2.87. The van der Waals surface area contributed by atoms with Crippen molar-refractivity contribution >= 4 is 11.8 Å². The van der Waals surface area contributed by atoms with E-state index in [9.17, 15) is 9.59 Å². The maximum Gasteiger partial charge on any atom is 0.255 e. The second-order valence-electron chi connectivity index (χ2n) is 5.89. The van der Waals surface area contributed by atoms with E-state index in [1.807, 2.05) is 22.7 Å². The number of nitrogens with two attached hydrogens (primary N) is 1. The van der Waals surface area contributed by atoms with Crippen molar-refractivity contribution in [1.82, 2.24) is 19.8 Å². The number of primary amides is 1. The molecule has 1 aromatic carbocycles. The summed E-state index contributed by atoms with van der Waals surface area (Å²) in [6.07, 6.45) is 3.61. The van der Waals surface area contributed by atoms with Crippen LogP contribution in [-0.4, -0.2) is 52.5 Å². The molecule has 0 aliphatic carbocycles. The van der Waals surface area contributed by atoms with E-state index in [-0.39, 0.29) is 18.6 Å². The molecule has 1 atom stereocenters. The number of imidazole rings is 1. The zero-order valence-corrected chi connectivity index (χ0v) is 14.0. The molecular formula is C17H21N5O3. The number of rotatable bonds is 5. The number of aryl methyl sites for hydroxylation is 1. The highest BCUT2D eigenvalue weighted by Crippen LogP contribution is 2.23. The minimum absolute atomic E-state index is 0.0593. The van der Waals surface area contributed by atoms with Crippen LogP contribution in [0.1, 0.15) is 22.2 Å². The molecule has 8 heteroatoms. The van der Waals surface area contributed by atoms with Gasteiger partial charge >= 0.3 is 0 Å². The largest absolute Gasteiger partial charge is 0.484 e. The highest BCUT2D eigenvalue weighted by Gasteiger charge is 2.30. The molecule has 2 amide bonds. The average Bonchev–Trinajstić information content (AvgIpc) is 3.05. The van der Waals surface area contributed by atoms with Gasteiger partial charge in [0.05, 0.1) is 0 Å². The predicted octanol–water partition coefficient (Wildman–Crippen LogP) is 0.0709. The summed E-state index contributed by atoms with van der Waals surface area (Å²) in [6, 6.07) is 6.58. The molecule has 3 rings (SSSR count). The van der Waals surface area contributed by atoms with Crippen LogP contribution in [0.4, 0.5) is 0 Å². The minimum atomic E-state index is -0.543. The molecule has 1 unspecified atom stereocenters. The van der Waals surface area contributed by atoms with Gasteiger partial charge in [-0.3, -0.25) is 9.59 Å². The SMILES string of the molecule is Cn1ccnc1C1CNCCN1C(=O)c1ccc(OCC(N)=O)cc1. The molecule has 0 bridgehead atoms. The van der Waals surface area contributed by atoms with Gasteiger partial charge in [0.1, 0.15) is 17.6 Å². The molecule has 0 saturated carbocycles. The molecule has 1 aromatic heterocycles. The standard InChI is InChI=1S/C17H21N5O3/c1-21-8-7-20-16(21)14-10-19-6-9-22(14)17(24)12-2-4-13(5-3-12)25-11-15(18)23/h2-5,7-8,14,19H,6,9-11H2,1H3,(H2,18,23). The number of benzene rings is 1. The topological polar surface area (TPSA) is 102 Å². The van der Waals surface area contributed by atoms with E-state index in [0.29, 0.717) is 24.4 Å². The molecule has 2 aromatic rings. The molecule has 0 radical (unpaired) electrons. The van der Waals surface area contributed by atoms with Crippen LogP contribution in [0.25, 0.3) is 0 Å². The maximum atomic E-state index is 12.9. The van der Waals surface area contributed by atoms with Crippen molar-refractivity contribution in [3.05, 3.63) is 48.0 Å². The predicted molar refractivity (Wildman–Crippen MR) is 91.0 cm³/mol. The van der Waals surface area contributed by atoms with E-state index in [0.717, 1.165) is 12.4 Å². The lowest BCUT2D eigenvalue weighted by molar-refractivity contribution is -0.119. The second kappa shape index (κ2) is 7.35. The number of ether oxygens (including phenoxy) is 1. The van der Waals surface area contributed by atoms with Crippen molar-refractivity contribution in [2.24, 2.45) is 12.8 Å². The molecule has 132 valence electrons. The van der Waals surface area contributed by atoms with Gasteiger partial charge in [0.15, 0.2) is 6.61 Å². The third kappa shape index (κ3) is 3.80. The Balaban J connectivity index is 1.76. The zero-order chi connectivity index (χ0) is 17.8. The molecule has 0 spiro atoms. The lowest BCUT2D eigenvalue weighted by atomic mass is 10.1. The number of piperazine rings is 1. The summed E-state index contributed by atoms with van der Waals surface area (Å²) in [4.78, 5) is 29.9. The van der Waals surface area contributed by atoms with Gasteiger partial charge in [0.25, 0.3) is 11.8 Å². The van der Waals surface area contributed by atoms with Crippen molar-refractivity contribution in [3.8, 4) is 5.75 Å². The van der Waals surface area contributed by atoms with E-state index in [2.05, 4.69) is 10.3 Å². The molecular weight excluding hydrogens is 322 g/mol. The number of hydrogen-bond donors (Lipinski definition) is 2. The zero-order valence-electron chi connectivity index (χ0n) is 14.0. The third-order valence-corrected chi connectivity index (χ3v) is 4.14. The van der Waals surface area contributed by atoms with Gasteiger partial charge in [-0.2, -0.15) is 0 Å². The van der Waals surface area contributed by atoms with Gasteiger partial charge in [0.2, 0.25) is 0 Å². The normalized spacial score (nSPS) is 17.3. The van der Waals surface area contributed by atoms with Crippen LogP contribution in [0.2, 0.25) is 0 Å². The van der Waals surface area contributed by atoms with Crippen LogP contribution in [0.15, 0.2) is 36.7 Å². The number of carbonyl (C=O) groups is 2. The summed E-state index contributed by atoms with van der Waals surface area (Å²) < 4.78 is 7.15. The summed E-state index contributed by atoms with van der Waals surface area (Å²) in [5, 5.41) is 3.31. The Morgan fingerprint density at radius 1 is 1.36 bits per heavy atom. The molecule has 1 aliphatic rings. The van der Waals surface area contributed by atoms with Crippen molar-refractivity contribution in [2.75, 3.05) is 26.2 Å². The number of hydrogen-bond acceptors (Lipinski definition) is 5. The van der Waals surface area contributed by atoms with E-state index < -0.39 is 5.91 Å². The Labute approximate surface area is 145 Å². The first-order chi connectivity index (χ1) is 12.1. The van der Waals surface area contributed by atoms with Crippen LogP contribution in [0.3, 0.4) is 0 Å². The Morgan fingerprint density at radius 3 is 2.76 bits per heavy atom.